The minimum absolute atomic E-state index is 0.0615. The predicted molar refractivity (Wildman–Crippen MR) is 108 cm³/mol. The van der Waals surface area contributed by atoms with Crippen LogP contribution in [-0.4, -0.2) is 53.9 Å². The van der Waals surface area contributed by atoms with E-state index in [1.165, 1.54) is 24.8 Å². The molecule has 0 bridgehead atoms. The molecule has 1 atom stereocenters. The van der Waals surface area contributed by atoms with Gasteiger partial charge in [-0.05, 0) is 50.7 Å². The number of nitrogens with zero attached hydrogens (tertiary/aromatic N) is 3. The van der Waals surface area contributed by atoms with Crippen LogP contribution in [0.4, 0.5) is 0 Å². The Morgan fingerprint density at radius 1 is 1.11 bits per heavy atom. The molecule has 144 valence electrons. The van der Waals surface area contributed by atoms with Crippen LogP contribution in [-0.2, 0) is 11.3 Å². The van der Waals surface area contributed by atoms with Gasteiger partial charge in [-0.15, -0.1) is 0 Å². The lowest BCUT2D eigenvalue weighted by Gasteiger charge is -2.35. The van der Waals surface area contributed by atoms with Gasteiger partial charge in [-0.3, -0.25) is 19.6 Å². The molecule has 1 amide bonds. The van der Waals surface area contributed by atoms with Crippen LogP contribution in [0.25, 0.3) is 0 Å². The van der Waals surface area contributed by atoms with E-state index in [4.69, 9.17) is 0 Å². The van der Waals surface area contributed by atoms with Crippen molar-refractivity contribution in [3.63, 3.8) is 0 Å². The molecule has 0 spiro atoms. The number of pyridine rings is 1. The molecule has 1 fully saturated rings. The number of rotatable bonds is 8. The SMILES string of the molecule is CN(CC(=O)NC[C@H](c1ccccc1)N1CCCCC1)Cc1ccccn1. The fourth-order valence-electron chi connectivity index (χ4n) is 3.70. The van der Waals surface area contributed by atoms with Crippen LogP contribution in [0, 0.1) is 0 Å². The zero-order valence-corrected chi connectivity index (χ0v) is 16.2. The van der Waals surface area contributed by atoms with Crippen LogP contribution < -0.4 is 5.32 Å². The molecule has 1 aliphatic rings. The first kappa shape index (κ1) is 19.5. The normalized spacial score (nSPS) is 16.2. The molecule has 2 aromatic rings. The largest absolute Gasteiger partial charge is 0.353 e. The van der Waals surface area contributed by atoms with E-state index < -0.39 is 0 Å². The summed E-state index contributed by atoms with van der Waals surface area (Å²) in [5, 5.41) is 3.15. The second-order valence-electron chi connectivity index (χ2n) is 7.32. The number of aromatic nitrogens is 1. The van der Waals surface area contributed by atoms with Gasteiger partial charge in [-0.1, -0.05) is 42.8 Å². The van der Waals surface area contributed by atoms with Gasteiger partial charge in [0.05, 0.1) is 18.3 Å². The molecule has 0 unspecified atom stereocenters. The van der Waals surface area contributed by atoms with Gasteiger partial charge in [0.25, 0.3) is 0 Å². The van der Waals surface area contributed by atoms with E-state index in [1.54, 1.807) is 6.20 Å². The molecule has 5 nitrogen and oxygen atoms in total. The summed E-state index contributed by atoms with van der Waals surface area (Å²) in [6.45, 7) is 3.91. The Hall–Kier alpha value is -2.24. The van der Waals surface area contributed by atoms with Crippen molar-refractivity contribution in [3.8, 4) is 0 Å². The van der Waals surface area contributed by atoms with Crippen LogP contribution >= 0.6 is 0 Å². The summed E-state index contributed by atoms with van der Waals surface area (Å²) in [6, 6.07) is 16.6. The average Bonchev–Trinajstić information content (AvgIpc) is 2.70. The molecule has 2 heterocycles. The van der Waals surface area contributed by atoms with Crippen LogP contribution in [0.3, 0.4) is 0 Å². The lowest BCUT2D eigenvalue weighted by Crippen LogP contribution is -2.43. The van der Waals surface area contributed by atoms with E-state index in [9.17, 15) is 4.79 Å². The molecule has 1 aliphatic heterocycles. The van der Waals surface area contributed by atoms with E-state index in [-0.39, 0.29) is 11.9 Å². The third-order valence-electron chi connectivity index (χ3n) is 5.08. The molecule has 0 aliphatic carbocycles. The molecule has 5 heteroatoms. The van der Waals surface area contributed by atoms with Crippen LogP contribution in [0.15, 0.2) is 54.7 Å². The fraction of sp³-hybridized carbons (Fsp3) is 0.455. The van der Waals surface area contributed by atoms with E-state index in [1.807, 2.05) is 36.2 Å². The number of likely N-dealkylation sites (tertiary alicyclic amines) is 1. The highest BCUT2D eigenvalue weighted by Gasteiger charge is 2.22. The summed E-state index contributed by atoms with van der Waals surface area (Å²) < 4.78 is 0. The van der Waals surface area contributed by atoms with Gasteiger partial charge in [0, 0.05) is 19.3 Å². The van der Waals surface area contributed by atoms with Gasteiger partial charge < -0.3 is 5.32 Å². The topological polar surface area (TPSA) is 48.5 Å². The number of piperidine rings is 1. The summed E-state index contributed by atoms with van der Waals surface area (Å²) in [4.78, 5) is 21.3. The minimum Gasteiger partial charge on any atom is -0.353 e. The third-order valence-corrected chi connectivity index (χ3v) is 5.08. The smallest absolute Gasteiger partial charge is 0.234 e. The first-order valence-corrected chi connectivity index (χ1v) is 9.86. The summed E-state index contributed by atoms with van der Waals surface area (Å²) in [5.74, 6) is 0.0615. The molecule has 1 aromatic carbocycles. The Morgan fingerprint density at radius 3 is 2.56 bits per heavy atom. The van der Waals surface area contributed by atoms with Crippen molar-refractivity contribution in [1.82, 2.24) is 20.1 Å². The summed E-state index contributed by atoms with van der Waals surface area (Å²) in [6.07, 6.45) is 5.57. The van der Waals surface area contributed by atoms with Gasteiger partial charge >= 0.3 is 0 Å². The van der Waals surface area contributed by atoms with Gasteiger partial charge in [0.2, 0.25) is 5.91 Å². The number of hydrogen-bond donors (Lipinski definition) is 1. The number of carbonyl (C=O) groups is 1. The van der Waals surface area contributed by atoms with Crippen molar-refractivity contribution in [1.29, 1.82) is 0 Å². The summed E-state index contributed by atoms with van der Waals surface area (Å²) >= 11 is 0. The van der Waals surface area contributed by atoms with E-state index in [0.29, 0.717) is 19.6 Å². The molecule has 0 radical (unpaired) electrons. The van der Waals surface area contributed by atoms with Gasteiger partial charge in [-0.25, -0.2) is 0 Å². The lowest BCUT2D eigenvalue weighted by molar-refractivity contribution is -0.122. The second-order valence-corrected chi connectivity index (χ2v) is 7.32. The molecule has 1 aromatic heterocycles. The Morgan fingerprint density at radius 2 is 1.85 bits per heavy atom. The zero-order valence-electron chi connectivity index (χ0n) is 16.2. The third kappa shape index (κ3) is 6.15. The number of amides is 1. The van der Waals surface area contributed by atoms with Gasteiger partial charge in [0.15, 0.2) is 0 Å². The van der Waals surface area contributed by atoms with E-state index >= 15 is 0 Å². The van der Waals surface area contributed by atoms with Crippen molar-refractivity contribution in [3.05, 3.63) is 66.0 Å². The molecule has 1 N–H and O–H groups in total. The Bertz CT molecular complexity index is 686. The highest BCUT2D eigenvalue weighted by atomic mass is 16.2. The summed E-state index contributed by atoms with van der Waals surface area (Å²) in [7, 11) is 1.95. The van der Waals surface area contributed by atoms with Crippen molar-refractivity contribution < 1.29 is 4.79 Å². The molecular formula is C22H30N4O. The maximum atomic E-state index is 12.5. The van der Waals surface area contributed by atoms with Crippen LogP contribution in [0.2, 0.25) is 0 Å². The monoisotopic (exact) mass is 366 g/mol. The first-order valence-electron chi connectivity index (χ1n) is 9.86. The standard InChI is InChI=1S/C22H30N4O/c1-25(17-20-12-6-7-13-23-20)18-22(27)24-16-21(19-10-4-2-5-11-19)26-14-8-3-9-15-26/h2,4-7,10-13,21H,3,8-9,14-18H2,1H3,(H,24,27)/t21-/m1/s1. The summed E-state index contributed by atoms with van der Waals surface area (Å²) in [5.41, 5.74) is 2.25. The number of likely N-dealkylation sites (N-methyl/N-ethyl adjacent to an activating group) is 1. The van der Waals surface area contributed by atoms with Gasteiger partial charge in [0.1, 0.15) is 0 Å². The Balaban J connectivity index is 1.53. The van der Waals surface area contributed by atoms with Crippen LogP contribution in [0.1, 0.15) is 36.6 Å². The minimum atomic E-state index is 0.0615. The van der Waals surface area contributed by atoms with Crippen molar-refractivity contribution in [2.24, 2.45) is 0 Å². The zero-order chi connectivity index (χ0) is 18.9. The van der Waals surface area contributed by atoms with Gasteiger partial charge in [-0.2, -0.15) is 0 Å². The highest BCUT2D eigenvalue weighted by Crippen LogP contribution is 2.23. The van der Waals surface area contributed by atoms with Crippen molar-refractivity contribution >= 4 is 5.91 Å². The molecule has 0 saturated carbocycles. The number of benzene rings is 1. The van der Waals surface area contributed by atoms with Crippen molar-refractivity contribution in [2.75, 3.05) is 33.2 Å². The lowest BCUT2D eigenvalue weighted by atomic mass is 10.0. The second kappa shape index (κ2) is 10.2. The van der Waals surface area contributed by atoms with E-state index in [2.05, 4.69) is 39.5 Å². The Labute approximate surface area is 162 Å². The number of nitrogens with one attached hydrogen (secondary N) is 1. The number of carbonyl (C=O) groups excluding carboxylic acids is 1. The van der Waals surface area contributed by atoms with E-state index in [0.717, 1.165) is 18.8 Å². The molecule has 27 heavy (non-hydrogen) atoms. The van der Waals surface area contributed by atoms with Crippen LogP contribution in [0.5, 0.6) is 0 Å². The molecule has 3 rings (SSSR count). The maximum Gasteiger partial charge on any atom is 0.234 e. The first-order chi connectivity index (χ1) is 13.2. The predicted octanol–water partition coefficient (Wildman–Crippen LogP) is 2.86. The Kier molecular flexibility index (Phi) is 7.36. The maximum absolute atomic E-state index is 12.5. The molecule has 1 saturated heterocycles. The fourth-order valence-corrected chi connectivity index (χ4v) is 3.70. The average molecular weight is 367 g/mol. The van der Waals surface area contributed by atoms with Crippen molar-refractivity contribution in [2.45, 2.75) is 31.8 Å². The molecular weight excluding hydrogens is 336 g/mol. The highest BCUT2D eigenvalue weighted by molar-refractivity contribution is 5.78. The quantitative estimate of drug-likeness (QED) is 0.780. The number of hydrogen-bond acceptors (Lipinski definition) is 4.